The minimum Gasteiger partial charge on any atom is -0.378 e. The summed E-state index contributed by atoms with van der Waals surface area (Å²) < 4.78 is 10.9. The third-order valence-electron chi connectivity index (χ3n) is 3.84. The maximum Gasteiger partial charge on any atom is 0.226 e. The summed E-state index contributed by atoms with van der Waals surface area (Å²) in [5.41, 5.74) is 7.31. The molecule has 1 aromatic carbocycles. The van der Waals surface area contributed by atoms with Crippen LogP contribution in [0.1, 0.15) is 42.6 Å². The van der Waals surface area contributed by atoms with Crippen LogP contribution in [0.15, 0.2) is 34.9 Å². The van der Waals surface area contributed by atoms with Crippen LogP contribution < -0.4 is 5.73 Å². The maximum absolute atomic E-state index is 6.17. The van der Waals surface area contributed by atoms with Gasteiger partial charge in [-0.25, -0.2) is 0 Å². The van der Waals surface area contributed by atoms with E-state index in [1.165, 1.54) is 0 Å². The second kappa shape index (κ2) is 6.83. The van der Waals surface area contributed by atoms with E-state index in [1.807, 2.05) is 30.3 Å². The van der Waals surface area contributed by atoms with Crippen LogP contribution in [0.2, 0.25) is 0 Å². The molecule has 3 rings (SSSR count). The summed E-state index contributed by atoms with van der Waals surface area (Å²) >= 11 is 0. The summed E-state index contributed by atoms with van der Waals surface area (Å²) in [6.07, 6.45) is 4.71. The molecule has 2 aromatic rings. The number of ether oxygens (including phenoxy) is 1. The molecule has 2 heterocycles. The van der Waals surface area contributed by atoms with Crippen molar-refractivity contribution >= 4 is 0 Å². The largest absolute Gasteiger partial charge is 0.378 e. The first kappa shape index (κ1) is 14.2. The molecule has 5 nitrogen and oxygen atoms in total. The first-order valence-corrected chi connectivity index (χ1v) is 7.55. The molecule has 1 aliphatic heterocycles. The van der Waals surface area contributed by atoms with Gasteiger partial charge in [0.15, 0.2) is 5.82 Å². The lowest BCUT2D eigenvalue weighted by molar-refractivity contribution is 0.109. The first-order chi connectivity index (χ1) is 10.3. The quantitative estimate of drug-likeness (QED) is 0.883. The summed E-state index contributed by atoms with van der Waals surface area (Å²) in [7, 11) is 0. The van der Waals surface area contributed by atoms with Gasteiger partial charge >= 0.3 is 0 Å². The van der Waals surface area contributed by atoms with Crippen LogP contribution >= 0.6 is 0 Å². The zero-order chi connectivity index (χ0) is 14.5. The Bertz CT molecular complexity index is 550. The monoisotopic (exact) mass is 287 g/mol. The Balaban J connectivity index is 1.50. The summed E-state index contributed by atoms with van der Waals surface area (Å²) in [6, 6.07) is 10.1. The van der Waals surface area contributed by atoms with Crippen LogP contribution in [-0.4, -0.2) is 22.9 Å². The van der Waals surface area contributed by atoms with Crippen LogP contribution in [-0.2, 0) is 17.6 Å². The van der Waals surface area contributed by atoms with Crippen molar-refractivity contribution in [1.82, 2.24) is 10.1 Å². The molecule has 21 heavy (non-hydrogen) atoms. The van der Waals surface area contributed by atoms with Crippen molar-refractivity contribution in [3.8, 4) is 0 Å². The molecule has 1 aliphatic rings. The molecule has 0 saturated carbocycles. The minimum absolute atomic E-state index is 0.000264. The Labute approximate surface area is 124 Å². The van der Waals surface area contributed by atoms with E-state index < -0.39 is 0 Å². The van der Waals surface area contributed by atoms with Gasteiger partial charge in [-0.05, 0) is 24.8 Å². The van der Waals surface area contributed by atoms with Gasteiger partial charge in [0.05, 0.1) is 6.10 Å². The van der Waals surface area contributed by atoms with E-state index in [1.54, 1.807) is 0 Å². The van der Waals surface area contributed by atoms with Gasteiger partial charge in [0.2, 0.25) is 5.89 Å². The molecule has 1 aromatic heterocycles. The molecule has 1 fully saturated rings. The zero-order valence-electron chi connectivity index (χ0n) is 12.1. The van der Waals surface area contributed by atoms with Gasteiger partial charge in [0.1, 0.15) is 0 Å². The van der Waals surface area contributed by atoms with Crippen LogP contribution in [0, 0.1) is 0 Å². The topological polar surface area (TPSA) is 74.2 Å². The second-order valence-electron chi connectivity index (χ2n) is 5.50. The second-order valence-corrected chi connectivity index (χ2v) is 5.50. The van der Waals surface area contributed by atoms with Crippen LogP contribution in [0.5, 0.6) is 0 Å². The predicted octanol–water partition coefficient (Wildman–Crippen LogP) is 2.42. The Morgan fingerprint density at radius 3 is 2.90 bits per heavy atom. The van der Waals surface area contributed by atoms with Gasteiger partial charge in [-0.15, -0.1) is 0 Å². The number of nitrogens with zero attached hydrogens (tertiary/aromatic N) is 2. The average molecular weight is 287 g/mol. The maximum atomic E-state index is 6.17. The number of benzene rings is 1. The number of hydrogen-bond acceptors (Lipinski definition) is 5. The fourth-order valence-corrected chi connectivity index (χ4v) is 2.63. The summed E-state index contributed by atoms with van der Waals surface area (Å²) in [5, 5.41) is 4.02. The van der Waals surface area contributed by atoms with Crippen LogP contribution in [0.4, 0.5) is 0 Å². The fourth-order valence-electron chi connectivity index (χ4n) is 2.63. The van der Waals surface area contributed by atoms with E-state index in [0.29, 0.717) is 12.3 Å². The van der Waals surface area contributed by atoms with Crippen molar-refractivity contribution in [2.75, 3.05) is 6.61 Å². The highest BCUT2D eigenvalue weighted by molar-refractivity contribution is 5.18. The lowest BCUT2D eigenvalue weighted by atomic mass is 10.0. The Morgan fingerprint density at radius 1 is 1.29 bits per heavy atom. The zero-order valence-corrected chi connectivity index (χ0v) is 12.1. The van der Waals surface area contributed by atoms with E-state index in [0.717, 1.165) is 43.7 Å². The average Bonchev–Trinajstić information content (AvgIpc) is 3.18. The number of aryl methyl sites for hydroxylation is 1. The third-order valence-corrected chi connectivity index (χ3v) is 3.84. The third kappa shape index (κ3) is 3.89. The van der Waals surface area contributed by atoms with Crippen LogP contribution in [0.3, 0.4) is 0 Å². The van der Waals surface area contributed by atoms with E-state index in [9.17, 15) is 0 Å². The van der Waals surface area contributed by atoms with Crippen molar-refractivity contribution in [2.45, 2.75) is 44.2 Å². The molecule has 0 aliphatic carbocycles. The van der Waals surface area contributed by atoms with Gasteiger partial charge < -0.3 is 15.0 Å². The first-order valence-electron chi connectivity index (χ1n) is 7.55. The Kier molecular flexibility index (Phi) is 4.62. The standard InChI is InChI=1S/C16H21N3O2/c17-14(12-5-2-1-3-6-12)8-9-16-18-15(19-21-16)11-13-7-4-10-20-13/h1-3,5-6,13-14H,4,7-11,17H2. The number of nitrogens with two attached hydrogens (primary N) is 1. The highest BCUT2D eigenvalue weighted by atomic mass is 16.5. The molecule has 0 spiro atoms. The lowest BCUT2D eigenvalue weighted by Gasteiger charge is -2.09. The van der Waals surface area contributed by atoms with Gasteiger partial charge in [0, 0.05) is 25.5 Å². The van der Waals surface area contributed by atoms with Gasteiger partial charge in [-0.2, -0.15) is 4.98 Å². The molecule has 5 heteroatoms. The lowest BCUT2D eigenvalue weighted by Crippen LogP contribution is -2.11. The van der Waals surface area contributed by atoms with Crippen molar-refractivity contribution in [3.05, 3.63) is 47.6 Å². The molecule has 0 amide bonds. The van der Waals surface area contributed by atoms with E-state index in [4.69, 9.17) is 15.0 Å². The fraction of sp³-hybridized carbons (Fsp3) is 0.500. The van der Waals surface area contributed by atoms with E-state index in [2.05, 4.69) is 10.1 Å². The van der Waals surface area contributed by atoms with Crippen molar-refractivity contribution in [3.63, 3.8) is 0 Å². The minimum atomic E-state index is -0.000264. The molecule has 2 unspecified atom stereocenters. The number of hydrogen-bond donors (Lipinski definition) is 1. The highest BCUT2D eigenvalue weighted by Gasteiger charge is 2.19. The molecule has 0 bridgehead atoms. The predicted molar refractivity (Wildman–Crippen MR) is 78.7 cm³/mol. The highest BCUT2D eigenvalue weighted by Crippen LogP contribution is 2.18. The summed E-state index contributed by atoms with van der Waals surface area (Å²) in [4.78, 5) is 4.43. The molecule has 2 N–H and O–H groups in total. The molecule has 0 radical (unpaired) electrons. The number of aromatic nitrogens is 2. The molecule has 2 atom stereocenters. The van der Waals surface area contributed by atoms with Crippen molar-refractivity contribution in [2.24, 2.45) is 5.73 Å². The van der Waals surface area contributed by atoms with E-state index in [-0.39, 0.29) is 12.1 Å². The Hall–Kier alpha value is -1.72. The van der Waals surface area contributed by atoms with Crippen molar-refractivity contribution in [1.29, 1.82) is 0 Å². The summed E-state index contributed by atoms with van der Waals surface area (Å²) in [6.45, 7) is 0.849. The molecule has 112 valence electrons. The van der Waals surface area contributed by atoms with Gasteiger partial charge in [-0.1, -0.05) is 35.5 Å². The van der Waals surface area contributed by atoms with Crippen LogP contribution in [0.25, 0.3) is 0 Å². The van der Waals surface area contributed by atoms with Gasteiger partial charge in [-0.3, -0.25) is 0 Å². The molecular weight excluding hydrogens is 266 g/mol. The normalized spacial score (nSPS) is 19.8. The number of rotatable bonds is 6. The van der Waals surface area contributed by atoms with Gasteiger partial charge in [0.25, 0.3) is 0 Å². The SMILES string of the molecule is NC(CCc1nc(CC2CCCO2)no1)c1ccccc1. The molecular formula is C16H21N3O2. The molecule has 1 saturated heterocycles. The summed E-state index contributed by atoms with van der Waals surface area (Å²) in [5.74, 6) is 1.40. The van der Waals surface area contributed by atoms with Crippen molar-refractivity contribution < 1.29 is 9.26 Å². The van der Waals surface area contributed by atoms with E-state index >= 15 is 0 Å². The smallest absolute Gasteiger partial charge is 0.226 e. The Morgan fingerprint density at radius 2 is 2.14 bits per heavy atom.